The number of hydrogen-bond donors (Lipinski definition) is 1. The number of hydrogen-bond acceptors (Lipinski definition) is 3. The van der Waals surface area contributed by atoms with Crippen molar-refractivity contribution in [2.45, 2.75) is 45.4 Å². The molecule has 1 saturated heterocycles. The van der Waals surface area contributed by atoms with Gasteiger partial charge in [0.05, 0.1) is 13.0 Å². The lowest BCUT2D eigenvalue weighted by Gasteiger charge is -2.33. The van der Waals surface area contributed by atoms with Crippen molar-refractivity contribution < 1.29 is 9.53 Å². The largest absolute Gasteiger partial charge is 0.469 e. The van der Waals surface area contributed by atoms with Crippen LogP contribution in [0.1, 0.15) is 44.7 Å². The summed E-state index contributed by atoms with van der Waals surface area (Å²) >= 11 is 0. The smallest absolute Gasteiger partial charge is 0.308 e. The van der Waals surface area contributed by atoms with Crippen LogP contribution in [0.15, 0.2) is 29.3 Å². The molecule has 5 nitrogen and oxygen atoms in total. The Balaban J connectivity index is 1.80. The third kappa shape index (κ3) is 5.48. The number of benzene rings is 1. The summed E-state index contributed by atoms with van der Waals surface area (Å²) in [6, 6.07) is 8.88. The maximum absolute atomic E-state index is 11.6. The third-order valence-electron chi connectivity index (χ3n) is 5.06. The lowest BCUT2D eigenvalue weighted by atomic mass is 9.86. The van der Waals surface area contributed by atoms with E-state index in [4.69, 9.17) is 4.74 Å². The summed E-state index contributed by atoms with van der Waals surface area (Å²) in [5.74, 6) is 0.849. The molecule has 0 bridgehead atoms. The van der Waals surface area contributed by atoms with Crippen LogP contribution in [0.4, 0.5) is 0 Å². The first-order chi connectivity index (χ1) is 12.3. The summed E-state index contributed by atoms with van der Waals surface area (Å²) in [5, 5.41) is 3.45. The topological polar surface area (TPSA) is 53.9 Å². The molecule has 1 aromatic rings. The van der Waals surface area contributed by atoms with Gasteiger partial charge in [0, 0.05) is 26.7 Å². The number of nitrogens with one attached hydrogen (secondary N) is 1. The van der Waals surface area contributed by atoms with Crippen molar-refractivity contribution in [1.29, 1.82) is 0 Å². The van der Waals surface area contributed by atoms with Crippen LogP contribution < -0.4 is 5.32 Å². The number of methoxy groups -OCH3 is 1. The quantitative estimate of drug-likeness (QED) is 0.510. The van der Waals surface area contributed by atoms with E-state index in [1.165, 1.54) is 18.2 Å². The van der Waals surface area contributed by atoms with Crippen molar-refractivity contribution in [3.8, 4) is 0 Å². The first kappa shape index (κ1) is 20.3. The van der Waals surface area contributed by atoms with Gasteiger partial charge in [-0.1, -0.05) is 45.0 Å². The van der Waals surface area contributed by atoms with Crippen LogP contribution in [-0.2, 0) is 21.4 Å². The molecule has 26 heavy (non-hydrogen) atoms. The average Bonchev–Trinajstić information content (AvgIpc) is 2.64. The Morgan fingerprint density at radius 1 is 1.23 bits per heavy atom. The number of carbonyl (C=O) groups is 1. The molecule has 1 N–H and O–H groups in total. The van der Waals surface area contributed by atoms with Gasteiger partial charge in [0.25, 0.3) is 0 Å². The summed E-state index contributed by atoms with van der Waals surface area (Å²) in [4.78, 5) is 18.3. The van der Waals surface area contributed by atoms with Crippen molar-refractivity contribution >= 4 is 11.9 Å². The number of piperidine rings is 1. The van der Waals surface area contributed by atoms with Crippen molar-refractivity contribution in [2.24, 2.45) is 10.9 Å². The summed E-state index contributed by atoms with van der Waals surface area (Å²) in [7, 11) is 3.27. The number of nitrogens with zero attached hydrogens (tertiary/aromatic N) is 2. The lowest BCUT2D eigenvalue weighted by molar-refractivity contribution is -0.146. The lowest BCUT2D eigenvalue weighted by Crippen LogP contribution is -2.47. The van der Waals surface area contributed by atoms with Crippen LogP contribution in [0.3, 0.4) is 0 Å². The molecule has 0 spiro atoms. The van der Waals surface area contributed by atoms with Gasteiger partial charge in [-0.2, -0.15) is 0 Å². The molecule has 1 fully saturated rings. The fourth-order valence-electron chi connectivity index (χ4n) is 3.32. The van der Waals surface area contributed by atoms with E-state index in [1.54, 1.807) is 0 Å². The number of carbonyl (C=O) groups excluding carboxylic acids is 1. The SMILES string of the molecule is CN=C(NCCc1ccc(C(C)(C)C)cc1)N1CCC(C(=O)OC)CC1. The standard InChI is InChI=1S/C21H33N3O2/c1-21(2,3)18-8-6-16(7-9-18)10-13-23-20(22-4)24-14-11-17(12-15-24)19(25)26-5/h6-9,17H,10-15H2,1-5H3,(H,22,23). The fourth-order valence-corrected chi connectivity index (χ4v) is 3.32. The monoisotopic (exact) mass is 359 g/mol. The molecule has 0 aliphatic carbocycles. The van der Waals surface area contributed by atoms with Gasteiger partial charge in [-0.3, -0.25) is 9.79 Å². The van der Waals surface area contributed by atoms with Gasteiger partial charge in [0.1, 0.15) is 0 Å². The predicted octanol–water partition coefficient (Wildman–Crippen LogP) is 2.99. The molecule has 2 rings (SSSR count). The minimum atomic E-state index is -0.0914. The molecule has 144 valence electrons. The molecule has 1 aliphatic heterocycles. The van der Waals surface area contributed by atoms with E-state index in [0.29, 0.717) is 0 Å². The highest BCUT2D eigenvalue weighted by Crippen LogP contribution is 2.22. The van der Waals surface area contributed by atoms with Gasteiger partial charge < -0.3 is 15.0 Å². The van der Waals surface area contributed by atoms with Gasteiger partial charge >= 0.3 is 5.97 Å². The van der Waals surface area contributed by atoms with Gasteiger partial charge in [0.15, 0.2) is 5.96 Å². The van der Waals surface area contributed by atoms with Crippen LogP contribution in [0.2, 0.25) is 0 Å². The maximum Gasteiger partial charge on any atom is 0.308 e. The van der Waals surface area contributed by atoms with Gasteiger partial charge in [-0.05, 0) is 35.8 Å². The maximum atomic E-state index is 11.6. The highest BCUT2D eigenvalue weighted by Gasteiger charge is 2.26. The Labute approximate surface area is 157 Å². The molecule has 1 heterocycles. The van der Waals surface area contributed by atoms with E-state index >= 15 is 0 Å². The molecule has 0 radical (unpaired) electrons. The molecular formula is C21H33N3O2. The summed E-state index contributed by atoms with van der Waals surface area (Å²) in [5.41, 5.74) is 2.87. The highest BCUT2D eigenvalue weighted by molar-refractivity contribution is 5.80. The van der Waals surface area contributed by atoms with E-state index in [-0.39, 0.29) is 17.3 Å². The molecule has 1 aromatic carbocycles. The number of guanidine groups is 1. The van der Waals surface area contributed by atoms with Crippen LogP contribution in [0.25, 0.3) is 0 Å². The second-order valence-corrected chi connectivity index (χ2v) is 7.96. The van der Waals surface area contributed by atoms with E-state index in [2.05, 4.69) is 60.2 Å². The number of rotatable bonds is 4. The van der Waals surface area contributed by atoms with Gasteiger partial charge in [-0.25, -0.2) is 0 Å². The second-order valence-electron chi connectivity index (χ2n) is 7.96. The van der Waals surface area contributed by atoms with E-state index < -0.39 is 0 Å². The number of aliphatic imine (C=N–C) groups is 1. The van der Waals surface area contributed by atoms with Crippen LogP contribution in [-0.4, -0.2) is 50.6 Å². The predicted molar refractivity (Wildman–Crippen MR) is 107 cm³/mol. The first-order valence-electron chi connectivity index (χ1n) is 9.48. The highest BCUT2D eigenvalue weighted by atomic mass is 16.5. The van der Waals surface area contributed by atoms with Crippen molar-refractivity contribution in [2.75, 3.05) is 33.8 Å². The minimum absolute atomic E-state index is 0.0238. The molecule has 0 saturated carbocycles. The molecular weight excluding hydrogens is 326 g/mol. The summed E-state index contributed by atoms with van der Waals surface area (Å²) < 4.78 is 4.85. The zero-order chi connectivity index (χ0) is 19.2. The van der Waals surface area contributed by atoms with E-state index in [0.717, 1.165) is 44.9 Å². The summed E-state index contributed by atoms with van der Waals surface area (Å²) in [6.07, 6.45) is 2.60. The Morgan fingerprint density at radius 3 is 2.35 bits per heavy atom. The zero-order valence-corrected chi connectivity index (χ0v) is 16.8. The minimum Gasteiger partial charge on any atom is -0.469 e. The molecule has 0 atom stereocenters. The molecule has 0 aromatic heterocycles. The van der Waals surface area contributed by atoms with E-state index in [9.17, 15) is 4.79 Å². The van der Waals surface area contributed by atoms with Gasteiger partial charge in [0.2, 0.25) is 0 Å². The van der Waals surface area contributed by atoms with Crippen LogP contribution in [0.5, 0.6) is 0 Å². The van der Waals surface area contributed by atoms with Gasteiger partial charge in [-0.15, -0.1) is 0 Å². The fraction of sp³-hybridized carbons (Fsp3) is 0.619. The first-order valence-corrected chi connectivity index (χ1v) is 9.48. The second kappa shape index (κ2) is 9.06. The van der Waals surface area contributed by atoms with Crippen molar-refractivity contribution in [1.82, 2.24) is 10.2 Å². The molecule has 5 heteroatoms. The molecule has 0 amide bonds. The Hall–Kier alpha value is -2.04. The van der Waals surface area contributed by atoms with Crippen LogP contribution in [0, 0.1) is 5.92 Å². The van der Waals surface area contributed by atoms with Crippen molar-refractivity contribution in [3.63, 3.8) is 0 Å². The molecule has 1 aliphatic rings. The number of ether oxygens (including phenoxy) is 1. The Bertz CT molecular complexity index is 609. The number of esters is 1. The van der Waals surface area contributed by atoms with Crippen molar-refractivity contribution in [3.05, 3.63) is 35.4 Å². The Kier molecular flexibility index (Phi) is 7.06. The van der Waals surface area contributed by atoms with E-state index in [1.807, 2.05) is 7.05 Å². The van der Waals surface area contributed by atoms with Crippen LogP contribution >= 0.6 is 0 Å². The third-order valence-corrected chi connectivity index (χ3v) is 5.06. The Morgan fingerprint density at radius 2 is 1.85 bits per heavy atom. The average molecular weight is 360 g/mol. The normalized spacial score (nSPS) is 16.5. The molecule has 0 unspecified atom stereocenters. The summed E-state index contributed by atoms with van der Waals surface area (Å²) in [6.45, 7) is 9.21. The number of likely N-dealkylation sites (tertiary alicyclic amines) is 1. The zero-order valence-electron chi connectivity index (χ0n) is 16.8.